The van der Waals surface area contributed by atoms with Crippen LogP contribution >= 0.6 is 0 Å². The van der Waals surface area contributed by atoms with Gasteiger partial charge in [0.05, 0.1) is 18.8 Å². The van der Waals surface area contributed by atoms with Gasteiger partial charge >= 0.3 is 6.09 Å². The summed E-state index contributed by atoms with van der Waals surface area (Å²) in [5, 5.41) is 9.27. The number of aliphatic hydroxyl groups is 1. The standard InChI is InChI=1S/C20H31NO4Si/c1-20(2,3)26(4,5)25-18(12-9-13-22)17-15-24-19(23)21(17)14-16-10-7-6-8-11-16/h6-12,17-18,22H,13-15H2,1-5H3/b12-9-/t17-,18+/m1/s1. The van der Waals surface area contributed by atoms with Gasteiger partial charge in [-0.15, -0.1) is 0 Å². The third-order valence-electron chi connectivity index (χ3n) is 5.26. The Morgan fingerprint density at radius 2 is 2.00 bits per heavy atom. The van der Waals surface area contributed by atoms with Crippen molar-refractivity contribution >= 4 is 14.4 Å². The molecule has 5 nitrogen and oxygen atoms in total. The van der Waals surface area contributed by atoms with Gasteiger partial charge in [-0.2, -0.15) is 0 Å². The molecule has 1 aromatic rings. The third kappa shape index (κ3) is 4.96. The maximum absolute atomic E-state index is 12.3. The van der Waals surface area contributed by atoms with E-state index in [4.69, 9.17) is 9.16 Å². The molecule has 1 N–H and O–H groups in total. The van der Waals surface area contributed by atoms with Gasteiger partial charge in [-0.25, -0.2) is 4.79 Å². The number of nitrogens with zero attached hydrogens (tertiary/aromatic N) is 1. The molecule has 2 atom stereocenters. The Kier molecular flexibility index (Phi) is 6.66. The maximum Gasteiger partial charge on any atom is 0.410 e. The minimum Gasteiger partial charge on any atom is -0.447 e. The van der Waals surface area contributed by atoms with Crippen LogP contribution in [0.1, 0.15) is 26.3 Å². The molecule has 1 saturated heterocycles. The van der Waals surface area contributed by atoms with E-state index in [1.165, 1.54) is 0 Å². The van der Waals surface area contributed by atoms with Crippen molar-refractivity contribution in [3.63, 3.8) is 0 Å². The van der Waals surface area contributed by atoms with Crippen LogP contribution in [0.2, 0.25) is 18.1 Å². The summed E-state index contributed by atoms with van der Waals surface area (Å²) in [6.45, 7) is 11.6. The SMILES string of the molecule is CC(C)(C)[Si](C)(C)O[C@@H](/C=C\CO)[C@H]1COC(=O)N1Cc1ccccc1. The summed E-state index contributed by atoms with van der Waals surface area (Å²) < 4.78 is 11.9. The molecule has 1 aliphatic heterocycles. The molecule has 2 rings (SSSR count). The van der Waals surface area contributed by atoms with E-state index in [1.807, 2.05) is 36.4 Å². The second-order valence-electron chi connectivity index (χ2n) is 8.21. The van der Waals surface area contributed by atoms with Crippen molar-refractivity contribution in [2.75, 3.05) is 13.2 Å². The molecule has 6 heteroatoms. The first-order chi connectivity index (χ1) is 12.2. The van der Waals surface area contributed by atoms with Gasteiger partial charge in [-0.1, -0.05) is 63.3 Å². The second kappa shape index (κ2) is 8.37. The van der Waals surface area contributed by atoms with Gasteiger partial charge in [0.1, 0.15) is 6.61 Å². The summed E-state index contributed by atoms with van der Waals surface area (Å²) in [5.41, 5.74) is 1.05. The monoisotopic (exact) mass is 377 g/mol. The highest BCUT2D eigenvalue weighted by Crippen LogP contribution is 2.38. The fraction of sp³-hybridized carbons (Fsp3) is 0.550. The molecule has 0 bridgehead atoms. The van der Waals surface area contributed by atoms with Crippen LogP contribution in [-0.4, -0.2) is 49.8 Å². The van der Waals surface area contributed by atoms with E-state index in [9.17, 15) is 9.90 Å². The number of rotatable bonds is 7. The highest BCUT2D eigenvalue weighted by atomic mass is 28.4. The Balaban J connectivity index is 2.24. The average molecular weight is 378 g/mol. The van der Waals surface area contributed by atoms with E-state index < -0.39 is 8.32 Å². The predicted molar refractivity (Wildman–Crippen MR) is 105 cm³/mol. The molecular weight excluding hydrogens is 346 g/mol. The van der Waals surface area contributed by atoms with Crippen molar-refractivity contribution in [3.8, 4) is 0 Å². The highest BCUT2D eigenvalue weighted by Gasteiger charge is 2.44. The number of ether oxygens (including phenoxy) is 1. The van der Waals surface area contributed by atoms with Gasteiger partial charge in [0.25, 0.3) is 0 Å². The van der Waals surface area contributed by atoms with E-state index in [2.05, 4.69) is 33.9 Å². The first kappa shape index (κ1) is 20.7. The molecule has 0 radical (unpaired) electrons. The lowest BCUT2D eigenvalue weighted by molar-refractivity contribution is 0.123. The van der Waals surface area contributed by atoms with Crippen molar-refractivity contribution in [1.82, 2.24) is 4.90 Å². The molecule has 0 spiro atoms. The molecule has 1 heterocycles. The van der Waals surface area contributed by atoms with Crippen LogP contribution in [0.15, 0.2) is 42.5 Å². The Labute approximate surface area is 157 Å². The molecule has 144 valence electrons. The Morgan fingerprint density at radius 1 is 1.35 bits per heavy atom. The van der Waals surface area contributed by atoms with Gasteiger partial charge in [0.15, 0.2) is 8.32 Å². The first-order valence-electron chi connectivity index (χ1n) is 9.08. The minimum absolute atomic E-state index is 0.0477. The number of carbonyl (C=O) groups is 1. The predicted octanol–water partition coefficient (Wildman–Crippen LogP) is 3.95. The van der Waals surface area contributed by atoms with Crippen LogP contribution < -0.4 is 0 Å². The molecule has 1 fully saturated rings. The number of carbonyl (C=O) groups excluding carboxylic acids is 1. The smallest absolute Gasteiger partial charge is 0.410 e. The Bertz CT molecular complexity index is 624. The molecule has 1 aliphatic rings. The van der Waals surface area contributed by atoms with Crippen LogP contribution in [0.3, 0.4) is 0 Å². The van der Waals surface area contributed by atoms with Crippen LogP contribution in [-0.2, 0) is 15.7 Å². The lowest BCUT2D eigenvalue weighted by atomic mass is 10.1. The zero-order valence-corrected chi connectivity index (χ0v) is 17.4. The van der Waals surface area contributed by atoms with Crippen LogP contribution in [0.4, 0.5) is 4.79 Å². The topological polar surface area (TPSA) is 59.0 Å². The van der Waals surface area contributed by atoms with E-state index >= 15 is 0 Å². The summed E-state index contributed by atoms with van der Waals surface area (Å²) >= 11 is 0. The zero-order chi connectivity index (χ0) is 19.4. The molecule has 26 heavy (non-hydrogen) atoms. The van der Waals surface area contributed by atoms with E-state index in [-0.39, 0.29) is 29.9 Å². The number of cyclic esters (lactones) is 1. The molecule has 0 aliphatic carbocycles. The lowest BCUT2D eigenvalue weighted by Crippen LogP contribution is -2.50. The van der Waals surface area contributed by atoms with E-state index in [0.29, 0.717) is 13.2 Å². The van der Waals surface area contributed by atoms with Crippen molar-refractivity contribution < 1.29 is 19.1 Å². The highest BCUT2D eigenvalue weighted by molar-refractivity contribution is 6.74. The van der Waals surface area contributed by atoms with Crippen molar-refractivity contribution in [2.45, 2.75) is 57.6 Å². The summed E-state index contributed by atoms with van der Waals surface area (Å²) in [6, 6.07) is 9.66. The largest absolute Gasteiger partial charge is 0.447 e. The Hall–Kier alpha value is -1.63. The van der Waals surface area contributed by atoms with Crippen molar-refractivity contribution in [3.05, 3.63) is 48.0 Å². The molecule has 0 aromatic heterocycles. The van der Waals surface area contributed by atoms with Gasteiger partial charge < -0.3 is 14.3 Å². The molecular formula is C20H31NO4Si. The number of hydrogen-bond acceptors (Lipinski definition) is 4. The van der Waals surface area contributed by atoms with Crippen LogP contribution in [0.25, 0.3) is 0 Å². The average Bonchev–Trinajstić information content (AvgIpc) is 2.92. The van der Waals surface area contributed by atoms with Gasteiger partial charge in [0, 0.05) is 6.54 Å². The summed E-state index contributed by atoms with van der Waals surface area (Å²) in [7, 11) is -2.06. The summed E-state index contributed by atoms with van der Waals surface area (Å²) in [5.74, 6) is 0. The van der Waals surface area contributed by atoms with E-state index in [0.717, 1.165) is 5.56 Å². The number of amides is 1. The fourth-order valence-corrected chi connectivity index (χ4v) is 3.93. The molecule has 1 amide bonds. The lowest BCUT2D eigenvalue weighted by Gasteiger charge is -2.40. The van der Waals surface area contributed by atoms with Gasteiger partial charge in [0.2, 0.25) is 0 Å². The molecule has 0 unspecified atom stereocenters. The van der Waals surface area contributed by atoms with E-state index in [1.54, 1.807) is 11.0 Å². The second-order valence-corrected chi connectivity index (χ2v) is 13.0. The first-order valence-corrected chi connectivity index (χ1v) is 12.0. The zero-order valence-electron chi connectivity index (χ0n) is 16.4. The fourth-order valence-electron chi connectivity index (χ4n) is 2.66. The third-order valence-corrected chi connectivity index (χ3v) is 9.73. The minimum atomic E-state index is -2.06. The van der Waals surface area contributed by atoms with Crippen LogP contribution in [0, 0.1) is 0 Å². The van der Waals surface area contributed by atoms with Crippen LogP contribution in [0.5, 0.6) is 0 Å². The number of aliphatic hydroxyl groups excluding tert-OH is 1. The molecule has 0 saturated carbocycles. The number of hydrogen-bond donors (Lipinski definition) is 1. The van der Waals surface area contributed by atoms with Gasteiger partial charge in [-0.3, -0.25) is 4.90 Å². The van der Waals surface area contributed by atoms with Gasteiger partial charge in [-0.05, 0) is 23.7 Å². The summed E-state index contributed by atoms with van der Waals surface area (Å²) in [6.07, 6.45) is 2.92. The maximum atomic E-state index is 12.3. The number of benzene rings is 1. The quantitative estimate of drug-likeness (QED) is 0.577. The summed E-state index contributed by atoms with van der Waals surface area (Å²) in [4.78, 5) is 14.0. The van der Waals surface area contributed by atoms with Crippen molar-refractivity contribution in [2.24, 2.45) is 0 Å². The normalized spacial score (nSPS) is 19.8. The van der Waals surface area contributed by atoms with Crippen molar-refractivity contribution in [1.29, 1.82) is 0 Å². The Morgan fingerprint density at radius 3 is 2.58 bits per heavy atom. The molecule has 1 aromatic carbocycles.